The average Bonchev–Trinajstić information content (AvgIpc) is 3.00. The number of carboxylic acids is 1. The summed E-state index contributed by atoms with van der Waals surface area (Å²) in [5.41, 5.74) is 8.30. The van der Waals surface area contributed by atoms with Crippen LogP contribution in [0.1, 0.15) is 37.7 Å². The van der Waals surface area contributed by atoms with Gasteiger partial charge in [0.25, 0.3) is 0 Å². The van der Waals surface area contributed by atoms with Crippen LogP contribution < -0.4 is 15.4 Å². The van der Waals surface area contributed by atoms with Crippen molar-refractivity contribution >= 4 is 41.0 Å². The van der Waals surface area contributed by atoms with Gasteiger partial charge in [-0.3, -0.25) is 14.5 Å². The number of likely N-dealkylation sites (tertiary alicyclic amines) is 1. The summed E-state index contributed by atoms with van der Waals surface area (Å²) < 4.78 is 6.17. The number of aliphatic carboxylic acids is 1. The van der Waals surface area contributed by atoms with E-state index < -0.39 is 5.97 Å². The maximum Gasteiger partial charge on any atom is 0.303 e. The van der Waals surface area contributed by atoms with Gasteiger partial charge >= 0.3 is 5.97 Å². The molecular formula is C32H37Cl2N7O4. The minimum absolute atomic E-state index is 0.0683. The van der Waals surface area contributed by atoms with Crippen molar-refractivity contribution < 1.29 is 19.4 Å². The number of carboxylic acid groups (broad SMARTS) is 1. The molecule has 13 heteroatoms. The van der Waals surface area contributed by atoms with E-state index in [1.54, 1.807) is 18.5 Å². The molecule has 3 aliphatic rings. The molecule has 3 aromatic rings. The minimum atomic E-state index is -0.740. The zero-order valence-corrected chi connectivity index (χ0v) is 26.5. The number of pyridine rings is 1. The molecule has 4 heterocycles. The molecule has 45 heavy (non-hydrogen) atoms. The summed E-state index contributed by atoms with van der Waals surface area (Å²) in [4.78, 5) is 44.0. The maximum absolute atomic E-state index is 12.7. The average molecular weight is 655 g/mol. The lowest BCUT2D eigenvalue weighted by Crippen LogP contribution is -2.53. The second-order valence-electron chi connectivity index (χ2n) is 12.2. The highest BCUT2D eigenvalue weighted by atomic mass is 35.5. The standard InChI is InChI=1S/C32H37Cl2N7O4/c33-24-12-22(13-25(34)16-24)28-9-21(19-39-3-1-20(2-4-39)11-30(42)43)10-29(38-28)45-27-17-36-32(37-18-27)41-7-5-40(6-8-41)31(44)23-14-26(35)15-23/h9-10,12-13,16-18,20,23,26H,1-8,11,14-15,19,35H2,(H,42,43). The van der Waals surface area contributed by atoms with E-state index in [0.29, 0.717) is 66.0 Å². The fourth-order valence-corrected chi connectivity index (χ4v) is 6.83. The number of piperidine rings is 1. The zero-order valence-electron chi connectivity index (χ0n) is 24.9. The van der Waals surface area contributed by atoms with Crippen LogP contribution in [0.5, 0.6) is 11.6 Å². The number of aromatic nitrogens is 3. The van der Waals surface area contributed by atoms with E-state index >= 15 is 0 Å². The van der Waals surface area contributed by atoms with Crippen molar-refractivity contribution in [2.24, 2.45) is 17.6 Å². The molecule has 3 fully saturated rings. The Hall–Kier alpha value is -3.51. The van der Waals surface area contributed by atoms with E-state index in [9.17, 15) is 9.59 Å². The van der Waals surface area contributed by atoms with Crippen molar-refractivity contribution in [3.8, 4) is 22.9 Å². The second kappa shape index (κ2) is 13.9. The molecule has 1 amide bonds. The molecule has 2 aromatic heterocycles. The Bertz CT molecular complexity index is 1500. The largest absolute Gasteiger partial charge is 0.481 e. The molecule has 2 aliphatic heterocycles. The van der Waals surface area contributed by atoms with Gasteiger partial charge in [-0.2, -0.15) is 0 Å². The molecule has 3 N–H and O–H groups in total. The third-order valence-electron chi connectivity index (χ3n) is 8.83. The molecule has 0 bridgehead atoms. The van der Waals surface area contributed by atoms with Crippen LogP contribution in [0.2, 0.25) is 10.0 Å². The summed E-state index contributed by atoms with van der Waals surface area (Å²) in [6.07, 6.45) is 6.74. The van der Waals surface area contributed by atoms with Gasteiger partial charge in [-0.05, 0) is 74.5 Å². The molecule has 2 saturated heterocycles. The summed E-state index contributed by atoms with van der Waals surface area (Å²) in [5, 5.41) is 10.2. The molecule has 1 aliphatic carbocycles. The summed E-state index contributed by atoms with van der Waals surface area (Å²) in [6.45, 7) is 4.90. The Morgan fingerprint density at radius 3 is 2.22 bits per heavy atom. The van der Waals surface area contributed by atoms with Gasteiger partial charge in [0.15, 0.2) is 5.75 Å². The normalized spacial score (nSPS) is 21.0. The molecule has 11 nitrogen and oxygen atoms in total. The Morgan fingerprint density at radius 2 is 1.60 bits per heavy atom. The van der Waals surface area contributed by atoms with E-state index in [4.69, 9.17) is 43.8 Å². The molecule has 0 unspecified atom stereocenters. The first kappa shape index (κ1) is 31.5. The number of halogens is 2. The Balaban J connectivity index is 1.13. The van der Waals surface area contributed by atoms with Crippen molar-refractivity contribution in [2.45, 2.75) is 44.7 Å². The van der Waals surface area contributed by atoms with Gasteiger partial charge in [0.05, 0.1) is 18.1 Å². The number of hydrogen-bond acceptors (Lipinski definition) is 9. The van der Waals surface area contributed by atoms with Gasteiger partial charge in [-0.15, -0.1) is 0 Å². The molecule has 0 radical (unpaired) electrons. The lowest BCUT2D eigenvalue weighted by molar-refractivity contribution is -0.139. The highest BCUT2D eigenvalue weighted by Crippen LogP contribution is 2.32. The van der Waals surface area contributed by atoms with E-state index in [1.165, 1.54) is 0 Å². The smallest absolute Gasteiger partial charge is 0.303 e. The summed E-state index contributed by atoms with van der Waals surface area (Å²) in [6, 6.07) is 9.36. The molecular weight excluding hydrogens is 617 g/mol. The lowest BCUT2D eigenvalue weighted by atomic mass is 9.80. The van der Waals surface area contributed by atoms with Crippen LogP contribution in [-0.2, 0) is 16.1 Å². The van der Waals surface area contributed by atoms with Gasteiger partial charge in [-0.1, -0.05) is 23.2 Å². The number of carbonyl (C=O) groups is 2. The third kappa shape index (κ3) is 8.02. The number of rotatable bonds is 9. The van der Waals surface area contributed by atoms with E-state index in [1.807, 2.05) is 29.2 Å². The first-order chi connectivity index (χ1) is 21.7. The number of ether oxygens (including phenoxy) is 1. The van der Waals surface area contributed by atoms with Gasteiger partial charge < -0.3 is 25.4 Å². The summed E-state index contributed by atoms with van der Waals surface area (Å²) >= 11 is 12.6. The number of carbonyl (C=O) groups excluding carboxylic acids is 1. The minimum Gasteiger partial charge on any atom is -0.481 e. The van der Waals surface area contributed by atoms with Crippen molar-refractivity contribution in [2.75, 3.05) is 44.2 Å². The number of benzene rings is 1. The van der Waals surface area contributed by atoms with E-state index in [-0.39, 0.29) is 30.2 Å². The number of hydrogen-bond donors (Lipinski definition) is 2. The quantitative estimate of drug-likeness (QED) is 0.334. The zero-order chi connectivity index (χ0) is 31.5. The Kier molecular flexibility index (Phi) is 9.70. The number of nitrogens with zero attached hydrogens (tertiary/aromatic N) is 6. The first-order valence-corrected chi connectivity index (χ1v) is 16.1. The van der Waals surface area contributed by atoms with E-state index in [2.05, 4.69) is 19.8 Å². The van der Waals surface area contributed by atoms with Crippen molar-refractivity contribution in [3.05, 3.63) is 58.3 Å². The van der Waals surface area contributed by atoms with Gasteiger partial charge in [0, 0.05) is 72.8 Å². The third-order valence-corrected chi connectivity index (χ3v) is 9.27. The molecule has 0 spiro atoms. The highest BCUT2D eigenvalue weighted by Gasteiger charge is 2.36. The van der Waals surface area contributed by atoms with E-state index in [0.717, 1.165) is 49.9 Å². The van der Waals surface area contributed by atoms with Crippen LogP contribution in [-0.4, -0.2) is 87.0 Å². The topological polar surface area (TPSA) is 138 Å². The Morgan fingerprint density at radius 1 is 0.933 bits per heavy atom. The molecule has 238 valence electrons. The van der Waals surface area contributed by atoms with Gasteiger partial charge in [0.2, 0.25) is 17.7 Å². The van der Waals surface area contributed by atoms with Crippen molar-refractivity contribution in [1.82, 2.24) is 24.8 Å². The van der Waals surface area contributed by atoms with Crippen LogP contribution in [0.3, 0.4) is 0 Å². The predicted octanol–water partition coefficient (Wildman–Crippen LogP) is 4.71. The van der Waals surface area contributed by atoms with Crippen LogP contribution in [0, 0.1) is 11.8 Å². The van der Waals surface area contributed by atoms with Crippen LogP contribution in [0.25, 0.3) is 11.3 Å². The van der Waals surface area contributed by atoms with Gasteiger partial charge in [-0.25, -0.2) is 15.0 Å². The lowest BCUT2D eigenvalue weighted by Gasteiger charge is -2.39. The first-order valence-electron chi connectivity index (χ1n) is 15.4. The molecule has 1 saturated carbocycles. The maximum atomic E-state index is 12.7. The second-order valence-corrected chi connectivity index (χ2v) is 13.1. The molecule has 1 aromatic carbocycles. The molecule has 6 rings (SSSR count). The summed E-state index contributed by atoms with van der Waals surface area (Å²) in [7, 11) is 0. The van der Waals surface area contributed by atoms with Crippen LogP contribution in [0.4, 0.5) is 5.95 Å². The monoisotopic (exact) mass is 653 g/mol. The van der Waals surface area contributed by atoms with Gasteiger partial charge in [0.1, 0.15) is 0 Å². The number of amides is 1. The SMILES string of the molecule is NC1CC(C(=O)N2CCN(c3ncc(Oc4cc(CN5CCC(CC(=O)O)CC5)cc(-c5cc(Cl)cc(Cl)c5)n4)cn3)CC2)C1. The predicted molar refractivity (Wildman–Crippen MR) is 172 cm³/mol. The van der Waals surface area contributed by atoms with Crippen molar-refractivity contribution in [3.63, 3.8) is 0 Å². The fourth-order valence-electron chi connectivity index (χ4n) is 6.30. The highest BCUT2D eigenvalue weighted by molar-refractivity contribution is 6.35. The van der Waals surface area contributed by atoms with Crippen molar-refractivity contribution in [1.29, 1.82) is 0 Å². The Labute approximate surface area is 272 Å². The summed E-state index contributed by atoms with van der Waals surface area (Å²) in [5.74, 6) is 1.16. The number of nitrogens with two attached hydrogens (primary N) is 1. The van der Waals surface area contributed by atoms with Crippen LogP contribution >= 0.6 is 23.2 Å². The number of anilines is 1. The van der Waals surface area contributed by atoms with Crippen LogP contribution in [0.15, 0.2) is 42.7 Å². The fraction of sp³-hybridized carbons (Fsp3) is 0.469. The number of piperazine rings is 1. The molecule has 0 atom stereocenters.